The number of ether oxygens (including phenoxy) is 1. The van der Waals surface area contributed by atoms with E-state index in [4.69, 9.17) is 0 Å². The molecule has 0 saturated carbocycles. The molecule has 0 saturated heterocycles. The van der Waals surface area contributed by atoms with E-state index in [0.29, 0.717) is 30.5 Å². The second-order valence-corrected chi connectivity index (χ2v) is 9.01. The van der Waals surface area contributed by atoms with Crippen LogP contribution in [-0.4, -0.2) is 38.0 Å². The van der Waals surface area contributed by atoms with E-state index in [0.717, 1.165) is 16.3 Å². The summed E-state index contributed by atoms with van der Waals surface area (Å²) in [7, 11) is -2.37. The van der Waals surface area contributed by atoms with Gasteiger partial charge in [0.15, 0.2) is 0 Å². The van der Waals surface area contributed by atoms with Gasteiger partial charge in [-0.1, -0.05) is 0 Å². The number of rotatable bonds is 8. The number of benzene rings is 1. The molecule has 9 heteroatoms. The second kappa shape index (κ2) is 9.25. The smallest absolute Gasteiger partial charge is 0.337 e. The van der Waals surface area contributed by atoms with Crippen molar-refractivity contribution in [1.29, 1.82) is 0 Å². The summed E-state index contributed by atoms with van der Waals surface area (Å²) in [6.07, 6.45) is 4.76. The zero-order valence-corrected chi connectivity index (χ0v) is 17.7. The Kier molecular flexibility index (Phi) is 6.73. The number of aromatic nitrogens is 2. The van der Waals surface area contributed by atoms with Crippen molar-refractivity contribution >= 4 is 27.3 Å². The van der Waals surface area contributed by atoms with E-state index >= 15 is 0 Å². The molecule has 0 fully saturated rings. The fraction of sp³-hybridized carbons (Fsp3) is 0.250. The van der Waals surface area contributed by atoms with E-state index in [9.17, 15) is 13.2 Å². The SMILES string of the molecule is COC(=O)c1ccc(S(=O)(=O)NCCCc2nc(-c3ccncc3)cs2)c(C)c1. The van der Waals surface area contributed by atoms with E-state index in [1.54, 1.807) is 30.7 Å². The van der Waals surface area contributed by atoms with Crippen molar-refractivity contribution in [2.24, 2.45) is 0 Å². The molecule has 0 aliphatic carbocycles. The maximum absolute atomic E-state index is 12.6. The number of hydrogen-bond acceptors (Lipinski definition) is 7. The molecule has 29 heavy (non-hydrogen) atoms. The maximum Gasteiger partial charge on any atom is 0.337 e. The predicted molar refractivity (Wildman–Crippen MR) is 111 cm³/mol. The Hall–Kier alpha value is -2.62. The summed E-state index contributed by atoms with van der Waals surface area (Å²) in [5.74, 6) is -0.500. The van der Waals surface area contributed by atoms with E-state index in [2.05, 4.69) is 19.4 Å². The monoisotopic (exact) mass is 431 g/mol. The molecule has 0 aliphatic heterocycles. The van der Waals surface area contributed by atoms with Crippen molar-refractivity contribution in [3.63, 3.8) is 0 Å². The van der Waals surface area contributed by atoms with E-state index in [1.165, 1.54) is 25.3 Å². The number of methoxy groups -OCH3 is 1. The molecule has 0 bridgehead atoms. The molecule has 152 valence electrons. The first-order valence-electron chi connectivity index (χ1n) is 8.94. The summed E-state index contributed by atoms with van der Waals surface area (Å²) in [6, 6.07) is 8.19. The third kappa shape index (κ3) is 5.26. The lowest BCUT2D eigenvalue weighted by Crippen LogP contribution is -2.26. The summed E-state index contributed by atoms with van der Waals surface area (Å²) in [6.45, 7) is 1.95. The Balaban J connectivity index is 1.56. The number of esters is 1. The fourth-order valence-corrected chi connectivity index (χ4v) is 4.95. The van der Waals surface area contributed by atoms with Gasteiger partial charge in [-0.15, -0.1) is 11.3 Å². The summed E-state index contributed by atoms with van der Waals surface area (Å²) < 4.78 is 32.4. The van der Waals surface area contributed by atoms with Gasteiger partial charge in [0, 0.05) is 36.3 Å². The van der Waals surface area contributed by atoms with Crippen LogP contribution in [0, 0.1) is 6.92 Å². The zero-order valence-electron chi connectivity index (χ0n) is 16.1. The first-order chi connectivity index (χ1) is 13.9. The van der Waals surface area contributed by atoms with Crippen LogP contribution in [0.4, 0.5) is 0 Å². The number of carbonyl (C=O) groups is 1. The third-order valence-electron chi connectivity index (χ3n) is 4.27. The fourth-order valence-electron chi connectivity index (χ4n) is 2.80. The topological polar surface area (TPSA) is 98.2 Å². The van der Waals surface area contributed by atoms with Gasteiger partial charge in [0.2, 0.25) is 10.0 Å². The lowest BCUT2D eigenvalue weighted by Gasteiger charge is -2.10. The van der Waals surface area contributed by atoms with Crippen molar-refractivity contribution in [2.75, 3.05) is 13.7 Å². The number of thiazole rings is 1. The summed E-state index contributed by atoms with van der Waals surface area (Å²) in [5, 5.41) is 2.94. The number of hydrogen-bond donors (Lipinski definition) is 1. The maximum atomic E-state index is 12.6. The molecular weight excluding hydrogens is 410 g/mol. The normalized spacial score (nSPS) is 11.4. The molecule has 3 aromatic rings. The number of nitrogens with zero attached hydrogens (tertiary/aromatic N) is 2. The minimum atomic E-state index is -3.66. The number of sulfonamides is 1. The Morgan fingerprint density at radius 1 is 1.21 bits per heavy atom. The summed E-state index contributed by atoms with van der Waals surface area (Å²) >= 11 is 1.56. The summed E-state index contributed by atoms with van der Waals surface area (Å²) in [5.41, 5.74) is 2.71. The van der Waals surface area contributed by atoms with Crippen LogP contribution in [0.25, 0.3) is 11.3 Å². The lowest BCUT2D eigenvalue weighted by atomic mass is 10.1. The minimum Gasteiger partial charge on any atom is -0.465 e. The van der Waals surface area contributed by atoms with Crippen LogP contribution < -0.4 is 4.72 Å². The van der Waals surface area contributed by atoms with E-state index in [-0.39, 0.29) is 4.90 Å². The van der Waals surface area contributed by atoms with Crippen molar-refractivity contribution in [2.45, 2.75) is 24.7 Å². The Morgan fingerprint density at radius 2 is 1.97 bits per heavy atom. The van der Waals surface area contributed by atoms with Gasteiger partial charge in [-0.3, -0.25) is 4.98 Å². The van der Waals surface area contributed by atoms with Crippen LogP contribution in [-0.2, 0) is 21.2 Å². The summed E-state index contributed by atoms with van der Waals surface area (Å²) in [4.78, 5) is 20.3. The van der Waals surface area contributed by atoms with Gasteiger partial charge in [0.1, 0.15) is 0 Å². The molecule has 0 amide bonds. The van der Waals surface area contributed by atoms with Crippen molar-refractivity contribution < 1.29 is 17.9 Å². The second-order valence-electron chi connectivity index (χ2n) is 6.34. The highest BCUT2D eigenvalue weighted by molar-refractivity contribution is 7.89. The molecule has 0 atom stereocenters. The molecule has 2 heterocycles. The van der Waals surface area contributed by atoms with Crippen molar-refractivity contribution in [1.82, 2.24) is 14.7 Å². The molecule has 0 aliphatic rings. The van der Waals surface area contributed by atoms with E-state index < -0.39 is 16.0 Å². The molecule has 7 nitrogen and oxygen atoms in total. The Labute approximate surface area is 173 Å². The van der Waals surface area contributed by atoms with Gasteiger partial charge >= 0.3 is 5.97 Å². The van der Waals surface area contributed by atoms with Gasteiger partial charge in [-0.25, -0.2) is 22.9 Å². The van der Waals surface area contributed by atoms with Gasteiger partial charge in [0.05, 0.1) is 28.3 Å². The Bertz CT molecular complexity index is 1100. The molecule has 3 rings (SSSR count). The molecule has 1 aromatic carbocycles. The third-order valence-corrected chi connectivity index (χ3v) is 6.80. The Morgan fingerprint density at radius 3 is 2.66 bits per heavy atom. The van der Waals surface area contributed by atoms with Gasteiger partial charge < -0.3 is 4.74 Å². The van der Waals surface area contributed by atoms with Crippen LogP contribution in [0.3, 0.4) is 0 Å². The van der Waals surface area contributed by atoms with Crippen LogP contribution in [0.5, 0.6) is 0 Å². The van der Waals surface area contributed by atoms with Crippen LogP contribution in [0.2, 0.25) is 0 Å². The standard InChI is InChI=1S/C20H21N3O4S2/c1-14-12-16(20(24)27-2)5-6-18(14)29(25,26)22-9-3-4-19-23-17(13-28-19)15-7-10-21-11-8-15/h5-8,10-13,22H,3-4,9H2,1-2H3. The largest absolute Gasteiger partial charge is 0.465 e. The highest BCUT2D eigenvalue weighted by Gasteiger charge is 2.18. The molecule has 2 aromatic heterocycles. The minimum absolute atomic E-state index is 0.152. The predicted octanol–water partition coefficient (Wildman–Crippen LogP) is 3.21. The molecule has 0 unspecified atom stereocenters. The first kappa shape index (κ1) is 21.1. The van der Waals surface area contributed by atoms with E-state index in [1.807, 2.05) is 17.5 Å². The number of pyridine rings is 1. The van der Waals surface area contributed by atoms with Crippen LogP contribution >= 0.6 is 11.3 Å². The van der Waals surface area contributed by atoms with Crippen LogP contribution in [0.15, 0.2) is 53.0 Å². The van der Waals surface area contributed by atoms with Gasteiger partial charge in [0.25, 0.3) is 0 Å². The van der Waals surface area contributed by atoms with Gasteiger partial charge in [-0.2, -0.15) is 0 Å². The highest BCUT2D eigenvalue weighted by atomic mass is 32.2. The number of nitrogens with one attached hydrogen (secondary N) is 1. The van der Waals surface area contributed by atoms with Crippen LogP contribution in [0.1, 0.15) is 27.3 Å². The lowest BCUT2D eigenvalue weighted by molar-refractivity contribution is 0.0600. The number of aryl methyl sites for hydroxylation is 2. The number of carbonyl (C=O) groups excluding carboxylic acids is 1. The zero-order chi connectivity index (χ0) is 20.9. The molecule has 0 radical (unpaired) electrons. The van der Waals surface area contributed by atoms with Crippen molar-refractivity contribution in [3.8, 4) is 11.3 Å². The average Bonchev–Trinajstić information content (AvgIpc) is 3.20. The highest BCUT2D eigenvalue weighted by Crippen LogP contribution is 2.22. The van der Waals surface area contributed by atoms with Crippen molar-refractivity contribution in [3.05, 3.63) is 64.2 Å². The average molecular weight is 432 g/mol. The quantitative estimate of drug-likeness (QED) is 0.434. The van der Waals surface area contributed by atoms with Gasteiger partial charge in [-0.05, 0) is 49.2 Å². The molecule has 0 spiro atoms. The molecule has 1 N–H and O–H groups in total. The molecular formula is C20H21N3O4S2. The first-order valence-corrected chi connectivity index (χ1v) is 11.3.